The lowest BCUT2D eigenvalue weighted by Crippen LogP contribution is -2.45. The molecule has 1 fully saturated rings. The molecule has 1 atom stereocenters. The van der Waals surface area contributed by atoms with E-state index in [2.05, 4.69) is 5.32 Å². The van der Waals surface area contributed by atoms with Crippen molar-refractivity contribution in [3.8, 4) is 0 Å². The fourth-order valence-corrected chi connectivity index (χ4v) is 1.21. The van der Waals surface area contributed by atoms with Crippen LogP contribution < -0.4 is 5.32 Å². The molecule has 1 heterocycles. The Hall–Kier alpha value is -0.860. The third-order valence-electron chi connectivity index (χ3n) is 1.96. The van der Waals surface area contributed by atoms with Crippen molar-refractivity contribution < 1.29 is 9.59 Å². The maximum absolute atomic E-state index is 10.9. The molecule has 1 rings (SSSR count). The topological polar surface area (TPSA) is 46.2 Å². The number of hydrogen-bond acceptors (Lipinski definition) is 2. The Morgan fingerprint density at radius 1 is 1.45 bits per heavy atom. The standard InChI is InChI=1S/C8H13NO2/c1-5(2)7-3-6(10)4-8(11)9-7/h5,7H,3-4H2,1-2H3,(H,9,11)/t7-/m1/s1. The Morgan fingerprint density at radius 3 is 2.55 bits per heavy atom. The van der Waals surface area contributed by atoms with Crippen molar-refractivity contribution in [2.45, 2.75) is 32.7 Å². The van der Waals surface area contributed by atoms with Crippen molar-refractivity contribution in [3.05, 3.63) is 0 Å². The van der Waals surface area contributed by atoms with Crippen LogP contribution in [0, 0.1) is 5.92 Å². The van der Waals surface area contributed by atoms with Crippen LogP contribution in [0.3, 0.4) is 0 Å². The van der Waals surface area contributed by atoms with Gasteiger partial charge in [0.05, 0.1) is 6.42 Å². The second-order valence-corrected chi connectivity index (χ2v) is 3.34. The van der Waals surface area contributed by atoms with Gasteiger partial charge >= 0.3 is 0 Å². The van der Waals surface area contributed by atoms with Crippen LogP contribution in [0.2, 0.25) is 0 Å². The van der Waals surface area contributed by atoms with E-state index >= 15 is 0 Å². The Kier molecular flexibility index (Phi) is 2.27. The van der Waals surface area contributed by atoms with Gasteiger partial charge in [-0.2, -0.15) is 0 Å². The summed E-state index contributed by atoms with van der Waals surface area (Å²) in [5, 5.41) is 2.79. The zero-order valence-electron chi connectivity index (χ0n) is 6.89. The van der Waals surface area contributed by atoms with Crippen molar-refractivity contribution in [1.29, 1.82) is 0 Å². The molecule has 1 saturated heterocycles. The van der Waals surface area contributed by atoms with Gasteiger partial charge in [-0.05, 0) is 5.92 Å². The third-order valence-corrected chi connectivity index (χ3v) is 1.96. The number of ketones is 1. The first-order chi connectivity index (χ1) is 5.09. The first kappa shape index (κ1) is 8.24. The highest BCUT2D eigenvalue weighted by Gasteiger charge is 2.25. The summed E-state index contributed by atoms with van der Waals surface area (Å²) in [7, 11) is 0. The number of Topliss-reactive ketones (excluding diaryl/α,β-unsaturated/α-hetero) is 1. The van der Waals surface area contributed by atoms with Crippen LogP contribution >= 0.6 is 0 Å². The lowest BCUT2D eigenvalue weighted by atomic mass is 9.94. The fraction of sp³-hybridized carbons (Fsp3) is 0.750. The summed E-state index contributed by atoms with van der Waals surface area (Å²) in [6, 6.07) is 0.0590. The average Bonchev–Trinajstić information content (AvgIpc) is 1.85. The summed E-state index contributed by atoms with van der Waals surface area (Å²) >= 11 is 0. The minimum atomic E-state index is -0.125. The van der Waals surface area contributed by atoms with Crippen LogP contribution in [0.1, 0.15) is 26.7 Å². The lowest BCUT2D eigenvalue weighted by Gasteiger charge is -2.25. The molecule has 1 amide bonds. The molecule has 1 N–H and O–H groups in total. The van der Waals surface area contributed by atoms with Crippen molar-refractivity contribution in [3.63, 3.8) is 0 Å². The van der Waals surface area contributed by atoms with E-state index in [1.165, 1.54) is 0 Å². The van der Waals surface area contributed by atoms with E-state index in [-0.39, 0.29) is 24.2 Å². The van der Waals surface area contributed by atoms with Crippen LogP contribution in [-0.4, -0.2) is 17.7 Å². The highest BCUT2D eigenvalue weighted by molar-refractivity contribution is 6.00. The Morgan fingerprint density at radius 2 is 2.09 bits per heavy atom. The predicted molar refractivity (Wildman–Crippen MR) is 41.0 cm³/mol. The van der Waals surface area contributed by atoms with Gasteiger partial charge in [0.2, 0.25) is 5.91 Å². The molecule has 3 nitrogen and oxygen atoms in total. The van der Waals surface area contributed by atoms with Gasteiger partial charge in [-0.15, -0.1) is 0 Å². The lowest BCUT2D eigenvalue weighted by molar-refractivity contribution is -0.132. The zero-order chi connectivity index (χ0) is 8.43. The molecule has 0 saturated carbocycles. The number of rotatable bonds is 1. The number of carbonyl (C=O) groups excluding carboxylic acids is 2. The molecule has 0 aromatic carbocycles. The fourth-order valence-electron chi connectivity index (χ4n) is 1.21. The number of carbonyl (C=O) groups is 2. The van der Waals surface area contributed by atoms with Gasteiger partial charge in [-0.1, -0.05) is 13.8 Å². The molecule has 62 valence electrons. The zero-order valence-corrected chi connectivity index (χ0v) is 6.89. The van der Waals surface area contributed by atoms with Crippen molar-refractivity contribution >= 4 is 11.7 Å². The SMILES string of the molecule is CC(C)[C@H]1CC(=O)CC(=O)N1. The quantitative estimate of drug-likeness (QED) is 0.560. The molecule has 0 spiro atoms. The van der Waals surface area contributed by atoms with Crippen LogP contribution in [0.15, 0.2) is 0 Å². The maximum atomic E-state index is 10.9. The Balaban J connectivity index is 2.56. The monoisotopic (exact) mass is 155 g/mol. The van der Waals surface area contributed by atoms with Crippen LogP contribution in [0.4, 0.5) is 0 Å². The van der Waals surface area contributed by atoms with Gasteiger partial charge < -0.3 is 5.32 Å². The minimum absolute atomic E-state index is 0.0590. The van der Waals surface area contributed by atoms with Crippen LogP contribution in [0.25, 0.3) is 0 Å². The molecule has 1 aliphatic heterocycles. The van der Waals surface area contributed by atoms with Gasteiger partial charge in [0, 0.05) is 12.5 Å². The molecule has 0 radical (unpaired) electrons. The number of nitrogens with one attached hydrogen (secondary N) is 1. The average molecular weight is 155 g/mol. The summed E-state index contributed by atoms with van der Waals surface area (Å²) in [6.45, 7) is 4.01. The Labute approximate surface area is 66.2 Å². The van der Waals surface area contributed by atoms with Crippen LogP contribution in [0.5, 0.6) is 0 Å². The van der Waals surface area contributed by atoms with Gasteiger partial charge in [0.1, 0.15) is 5.78 Å². The number of hydrogen-bond donors (Lipinski definition) is 1. The van der Waals surface area contributed by atoms with E-state index in [0.29, 0.717) is 12.3 Å². The van der Waals surface area contributed by atoms with Gasteiger partial charge in [-0.25, -0.2) is 0 Å². The highest BCUT2D eigenvalue weighted by Crippen LogP contribution is 2.12. The van der Waals surface area contributed by atoms with Gasteiger partial charge in [0.25, 0.3) is 0 Å². The molecule has 1 aliphatic rings. The highest BCUT2D eigenvalue weighted by atomic mass is 16.2. The van der Waals surface area contributed by atoms with Gasteiger partial charge in [0.15, 0.2) is 0 Å². The number of piperidine rings is 1. The van der Waals surface area contributed by atoms with Gasteiger partial charge in [-0.3, -0.25) is 9.59 Å². The first-order valence-corrected chi connectivity index (χ1v) is 3.90. The largest absolute Gasteiger partial charge is 0.352 e. The normalized spacial score (nSPS) is 25.5. The van der Waals surface area contributed by atoms with Crippen LogP contribution in [-0.2, 0) is 9.59 Å². The maximum Gasteiger partial charge on any atom is 0.227 e. The van der Waals surface area contributed by atoms with E-state index in [9.17, 15) is 9.59 Å². The van der Waals surface area contributed by atoms with E-state index in [1.54, 1.807) is 0 Å². The van der Waals surface area contributed by atoms with E-state index in [0.717, 1.165) is 0 Å². The van der Waals surface area contributed by atoms with Crippen molar-refractivity contribution in [1.82, 2.24) is 5.32 Å². The smallest absolute Gasteiger partial charge is 0.227 e. The summed E-state index contributed by atoms with van der Waals surface area (Å²) in [5.74, 6) is 0.288. The molecule has 0 aromatic rings. The molecular weight excluding hydrogens is 142 g/mol. The number of amides is 1. The predicted octanol–water partition coefficient (Wildman–Crippen LogP) is 0.490. The summed E-state index contributed by atoms with van der Waals surface area (Å²) in [4.78, 5) is 21.8. The molecule has 0 bridgehead atoms. The van der Waals surface area contributed by atoms with E-state index in [1.807, 2.05) is 13.8 Å². The Bertz CT molecular complexity index is 171. The van der Waals surface area contributed by atoms with E-state index < -0.39 is 0 Å². The molecule has 0 aliphatic carbocycles. The molecule has 0 aromatic heterocycles. The third kappa shape index (κ3) is 2.03. The second-order valence-electron chi connectivity index (χ2n) is 3.34. The molecular formula is C8H13NO2. The summed E-state index contributed by atoms with van der Waals surface area (Å²) < 4.78 is 0. The summed E-state index contributed by atoms with van der Waals surface area (Å²) in [6.07, 6.45) is 0.576. The van der Waals surface area contributed by atoms with E-state index in [4.69, 9.17) is 0 Å². The van der Waals surface area contributed by atoms with Crippen molar-refractivity contribution in [2.24, 2.45) is 5.92 Å². The van der Waals surface area contributed by atoms with Crippen molar-refractivity contribution in [2.75, 3.05) is 0 Å². The molecule has 11 heavy (non-hydrogen) atoms. The summed E-state index contributed by atoms with van der Waals surface area (Å²) in [5.41, 5.74) is 0. The molecule has 0 unspecified atom stereocenters. The first-order valence-electron chi connectivity index (χ1n) is 3.90. The minimum Gasteiger partial charge on any atom is -0.352 e. The molecule has 3 heteroatoms. The second kappa shape index (κ2) is 3.03.